The van der Waals surface area contributed by atoms with Crippen molar-refractivity contribution < 1.29 is 38.1 Å². The van der Waals surface area contributed by atoms with Crippen molar-refractivity contribution in [3.8, 4) is 11.5 Å². The summed E-state index contributed by atoms with van der Waals surface area (Å²) in [4.78, 5) is 50.8. The Kier molecular flexibility index (Phi) is 8.31. The van der Waals surface area contributed by atoms with Crippen LogP contribution in [-0.4, -0.2) is 51.9 Å². The lowest BCUT2D eigenvalue weighted by Crippen LogP contribution is -2.34. The third-order valence-electron chi connectivity index (χ3n) is 4.82. The van der Waals surface area contributed by atoms with Crippen molar-refractivity contribution in [2.24, 2.45) is 11.8 Å². The number of Topliss-reactive ketones (excluding diaryl/α,β-unsaturated/α-hetero) is 2. The molecule has 164 valence electrons. The molecule has 0 aliphatic heterocycles. The summed E-state index contributed by atoms with van der Waals surface area (Å²) in [5.74, 6) is -4.53. The van der Waals surface area contributed by atoms with Crippen LogP contribution in [0.4, 0.5) is 0 Å². The zero-order valence-corrected chi connectivity index (χ0v) is 17.7. The number of hydrogen-bond donors (Lipinski definition) is 0. The molecule has 0 heterocycles. The molecule has 2 unspecified atom stereocenters. The van der Waals surface area contributed by atoms with Gasteiger partial charge in [0, 0.05) is 11.1 Å². The van der Waals surface area contributed by atoms with Crippen LogP contribution in [0.3, 0.4) is 0 Å². The Labute approximate surface area is 180 Å². The molecule has 0 bridgehead atoms. The topological polar surface area (TPSA) is 105 Å². The number of carbonyl (C=O) groups is 4. The summed E-state index contributed by atoms with van der Waals surface area (Å²) in [6.07, 6.45) is -0.394. The number of hydrogen-bond acceptors (Lipinski definition) is 8. The number of ether oxygens (including phenoxy) is 4. The summed E-state index contributed by atoms with van der Waals surface area (Å²) >= 11 is 0. The Hall–Kier alpha value is -3.68. The van der Waals surface area contributed by atoms with Crippen molar-refractivity contribution in [2.75, 3.05) is 28.4 Å². The van der Waals surface area contributed by atoms with Crippen molar-refractivity contribution in [3.63, 3.8) is 0 Å². The van der Waals surface area contributed by atoms with Gasteiger partial charge in [-0.1, -0.05) is 0 Å². The Bertz CT molecular complexity index is 854. The summed E-state index contributed by atoms with van der Waals surface area (Å²) < 4.78 is 19.7. The van der Waals surface area contributed by atoms with Crippen LogP contribution in [0, 0.1) is 11.8 Å². The first-order valence-corrected chi connectivity index (χ1v) is 9.38. The SMILES string of the molecule is COC(=O)C(CC(C(=O)OC)C(=O)c1ccc(OC)cc1)C(=O)c1ccc(OC)cc1. The average molecular weight is 428 g/mol. The minimum absolute atomic E-state index is 0.219. The quantitative estimate of drug-likeness (QED) is 0.323. The average Bonchev–Trinajstić information content (AvgIpc) is 2.83. The van der Waals surface area contributed by atoms with E-state index in [1.165, 1.54) is 38.5 Å². The molecule has 2 rings (SSSR count). The van der Waals surface area contributed by atoms with E-state index in [-0.39, 0.29) is 11.1 Å². The maximum atomic E-state index is 13.0. The lowest BCUT2D eigenvalue weighted by Gasteiger charge is -2.19. The highest BCUT2D eigenvalue weighted by Gasteiger charge is 2.38. The van der Waals surface area contributed by atoms with E-state index in [1.54, 1.807) is 24.3 Å². The maximum absolute atomic E-state index is 13.0. The van der Waals surface area contributed by atoms with Crippen LogP contribution in [0.25, 0.3) is 0 Å². The molecule has 0 N–H and O–H groups in total. The summed E-state index contributed by atoms with van der Waals surface area (Å²) in [5.41, 5.74) is 0.438. The molecular formula is C23H24O8. The molecule has 2 aromatic carbocycles. The van der Waals surface area contributed by atoms with Gasteiger partial charge in [-0.05, 0) is 55.0 Å². The monoisotopic (exact) mass is 428 g/mol. The number of carbonyl (C=O) groups excluding carboxylic acids is 4. The molecule has 0 radical (unpaired) electrons. The molecule has 0 aliphatic carbocycles. The van der Waals surface area contributed by atoms with Crippen LogP contribution in [0.15, 0.2) is 48.5 Å². The van der Waals surface area contributed by atoms with Gasteiger partial charge in [0.15, 0.2) is 11.6 Å². The van der Waals surface area contributed by atoms with E-state index in [0.29, 0.717) is 11.5 Å². The fourth-order valence-corrected chi connectivity index (χ4v) is 3.05. The lowest BCUT2D eigenvalue weighted by molar-refractivity contribution is -0.146. The highest BCUT2D eigenvalue weighted by Crippen LogP contribution is 2.25. The second-order valence-electron chi connectivity index (χ2n) is 6.57. The summed E-state index contributed by atoms with van der Waals surface area (Å²) in [7, 11) is 5.24. The van der Waals surface area contributed by atoms with Gasteiger partial charge < -0.3 is 18.9 Å². The van der Waals surface area contributed by atoms with Crippen molar-refractivity contribution in [1.82, 2.24) is 0 Å². The van der Waals surface area contributed by atoms with Gasteiger partial charge >= 0.3 is 11.9 Å². The molecule has 8 heteroatoms. The van der Waals surface area contributed by atoms with Crippen LogP contribution < -0.4 is 9.47 Å². The lowest BCUT2D eigenvalue weighted by atomic mass is 9.84. The molecule has 0 fully saturated rings. The zero-order chi connectivity index (χ0) is 23.0. The molecule has 0 aliphatic rings. The predicted molar refractivity (Wildman–Crippen MR) is 110 cm³/mol. The Morgan fingerprint density at radius 3 is 1.19 bits per heavy atom. The van der Waals surface area contributed by atoms with E-state index < -0.39 is 41.8 Å². The molecule has 2 atom stereocenters. The molecule has 2 aromatic rings. The third-order valence-corrected chi connectivity index (χ3v) is 4.82. The van der Waals surface area contributed by atoms with E-state index in [0.717, 1.165) is 14.2 Å². The molecule has 0 saturated heterocycles. The molecule has 0 spiro atoms. The Balaban J connectivity index is 2.36. The minimum Gasteiger partial charge on any atom is -0.497 e. The van der Waals surface area contributed by atoms with E-state index >= 15 is 0 Å². The maximum Gasteiger partial charge on any atom is 0.316 e. The normalized spacial score (nSPS) is 12.3. The highest BCUT2D eigenvalue weighted by atomic mass is 16.5. The van der Waals surface area contributed by atoms with Crippen molar-refractivity contribution in [3.05, 3.63) is 59.7 Å². The second-order valence-corrected chi connectivity index (χ2v) is 6.57. The van der Waals surface area contributed by atoms with E-state index in [1.807, 2.05) is 0 Å². The van der Waals surface area contributed by atoms with Crippen molar-refractivity contribution in [2.45, 2.75) is 6.42 Å². The summed E-state index contributed by atoms with van der Waals surface area (Å²) in [5, 5.41) is 0. The van der Waals surface area contributed by atoms with E-state index in [4.69, 9.17) is 18.9 Å². The molecule has 31 heavy (non-hydrogen) atoms. The van der Waals surface area contributed by atoms with Gasteiger partial charge in [-0.15, -0.1) is 0 Å². The van der Waals surface area contributed by atoms with Gasteiger partial charge in [0.25, 0.3) is 0 Å². The Morgan fingerprint density at radius 1 is 0.613 bits per heavy atom. The van der Waals surface area contributed by atoms with Crippen molar-refractivity contribution >= 4 is 23.5 Å². The molecule has 8 nitrogen and oxygen atoms in total. The largest absolute Gasteiger partial charge is 0.497 e. The van der Waals surface area contributed by atoms with Gasteiger partial charge in [0.05, 0.1) is 28.4 Å². The van der Waals surface area contributed by atoms with Crippen LogP contribution >= 0.6 is 0 Å². The van der Waals surface area contributed by atoms with Gasteiger partial charge in [-0.25, -0.2) is 0 Å². The number of ketones is 2. The third kappa shape index (κ3) is 5.69. The first-order valence-electron chi connectivity index (χ1n) is 9.38. The van der Waals surface area contributed by atoms with Crippen LogP contribution in [-0.2, 0) is 19.1 Å². The van der Waals surface area contributed by atoms with Gasteiger partial charge in [-0.3, -0.25) is 19.2 Å². The minimum atomic E-state index is -1.37. The van der Waals surface area contributed by atoms with Crippen LogP contribution in [0.2, 0.25) is 0 Å². The number of methoxy groups -OCH3 is 4. The Morgan fingerprint density at radius 2 is 0.935 bits per heavy atom. The predicted octanol–water partition coefficient (Wildman–Crippen LogP) is 2.74. The standard InChI is InChI=1S/C23H24O8/c1-28-16-9-5-14(6-10-16)20(24)18(22(26)30-3)13-19(23(27)31-4)21(25)15-7-11-17(29-2)12-8-15/h5-12,18-19H,13H2,1-4H3. The number of rotatable bonds is 10. The number of benzene rings is 2. The molecule has 0 amide bonds. The van der Waals surface area contributed by atoms with Gasteiger partial charge in [0.1, 0.15) is 23.3 Å². The molecule has 0 saturated carbocycles. The first kappa shape index (κ1) is 23.6. The highest BCUT2D eigenvalue weighted by molar-refractivity contribution is 6.12. The van der Waals surface area contributed by atoms with E-state index in [2.05, 4.69) is 0 Å². The van der Waals surface area contributed by atoms with Gasteiger partial charge in [-0.2, -0.15) is 0 Å². The van der Waals surface area contributed by atoms with Crippen molar-refractivity contribution in [1.29, 1.82) is 0 Å². The summed E-state index contributed by atoms with van der Waals surface area (Å²) in [6.45, 7) is 0. The first-order chi connectivity index (χ1) is 14.9. The zero-order valence-electron chi connectivity index (χ0n) is 17.7. The molecular weight excluding hydrogens is 404 g/mol. The van der Waals surface area contributed by atoms with Gasteiger partial charge in [0.2, 0.25) is 0 Å². The summed E-state index contributed by atoms with van der Waals surface area (Å²) in [6, 6.07) is 12.3. The van der Waals surface area contributed by atoms with Crippen LogP contribution in [0.5, 0.6) is 11.5 Å². The fourth-order valence-electron chi connectivity index (χ4n) is 3.05. The number of esters is 2. The van der Waals surface area contributed by atoms with E-state index in [9.17, 15) is 19.2 Å². The van der Waals surface area contributed by atoms with Crippen LogP contribution in [0.1, 0.15) is 27.1 Å². The smallest absolute Gasteiger partial charge is 0.316 e. The fraction of sp³-hybridized carbons (Fsp3) is 0.304. The molecule has 0 aromatic heterocycles. The second kappa shape index (κ2) is 10.9.